The number of amides is 1. The smallest absolute Gasteiger partial charge is 0.415 e. The molecule has 2 rings (SSSR count). The Bertz CT molecular complexity index is 706. The van der Waals surface area contributed by atoms with Crippen LogP contribution in [0.4, 0.5) is 18.6 Å². The first kappa shape index (κ1) is 21.4. The van der Waals surface area contributed by atoms with Crippen LogP contribution in [0.15, 0.2) is 35.7 Å². The third kappa shape index (κ3) is 6.61. The van der Waals surface area contributed by atoms with E-state index >= 15 is 0 Å². The lowest BCUT2D eigenvalue weighted by molar-refractivity contribution is 0.129. The molecule has 1 heterocycles. The molecule has 148 valence electrons. The van der Waals surface area contributed by atoms with E-state index in [1.165, 1.54) is 34.8 Å². The number of carbonyl (C=O) groups excluding carboxylic acids is 1. The maximum Gasteiger partial charge on any atom is 0.415 e. The lowest BCUT2D eigenvalue weighted by Crippen LogP contribution is -2.32. The summed E-state index contributed by atoms with van der Waals surface area (Å²) >= 11 is 1.37. The van der Waals surface area contributed by atoms with Crippen LogP contribution in [0, 0.1) is 17.6 Å². The molecule has 6 heteroatoms. The number of ether oxygens (including phenoxy) is 1. The number of unbranched alkanes of at least 4 members (excludes halogenated alkanes) is 2. The number of anilines is 1. The molecule has 0 bridgehead atoms. The largest absolute Gasteiger partial charge is 0.449 e. The van der Waals surface area contributed by atoms with Crippen molar-refractivity contribution in [1.82, 2.24) is 0 Å². The van der Waals surface area contributed by atoms with Crippen molar-refractivity contribution < 1.29 is 18.3 Å². The first-order valence-electron chi connectivity index (χ1n) is 9.46. The molecular weight excluding hydrogens is 368 g/mol. The summed E-state index contributed by atoms with van der Waals surface area (Å²) in [4.78, 5) is 14.1. The fraction of sp³-hybridized carbons (Fsp3) is 0.476. The Hall–Kier alpha value is -1.95. The number of carbonyl (C=O) groups is 1. The summed E-state index contributed by atoms with van der Waals surface area (Å²) in [7, 11) is 0. The van der Waals surface area contributed by atoms with Crippen molar-refractivity contribution >= 4 is 22.4 Å². The van der Waals surface area contributed by atoms with Crippen LogP contribution < -0.4 is 4.90 Å². The molecule has 1 aromatic heterocycles. The van der Waals surface area contributed by atoms with Gasteiger partial charge < -0.3 is 4.74 Å². The first-order chi connectivity index (χ1) is 13.0. The predicted octanol–water partition coefficient (Wildman–Crippen LogP) is 6.78. The number of benzene rings is 1. The summed E-state index contributed by atoms with van der Waals surface area (Å²) in [5.74, 6) is -0.983. The molecular formula is C21H27F2NO2S. The Morgan fingerprint density at radius 3 is 2.67 bits per heavy atom. The Kier molecular flexibility index (Phi) is 8.72. The van der Waals surface area contributed by atoms with Crippen LogP contribution in [0.2, 0.25) is 0 Å². The highest BCUT2D eigenvalue weighted by molar-refractivity contribution is 7.14. The monoisotopic (exact) mass is 395 g/mol. The van der Waals surface area contributed by atoms with Gasteiger partial charge >= 0.3 is 6.09 Å². The summed E-state index contributed by atoms with van der Waals surface area (Å²) in [6, 6.07) is 6.98. The first-order valence-corrected chi connectivity index (χ1v) is 10.3. The van der Waals surface area contributed by atoms with Crippen LogP contribution in [0.25, 0.3) is 0 Å². The second-order valence-electron chi connectivity index (χ2n) is 6.62. The molecule has 0 fully saturated rings. The predicted molar refractivity (Wildman–Crippen MR) is 106 cm³/mol. The molecule has 1 aromatic carbocycles. The summed E-state index contributed by atoms with van der Waals surface area (Å²) in [5.41, 5.74) is 0.247. The number of hydrogen-bond donors (Lipinski definition) is 0. The van der Waals surface area contributed by atoms with Crippen molar-refractivity contribution in [1.29, 1.82) is 0 Å². The average Bonchev–Trinajstić information content (AvgIpc) is 3.18. The normalized spacial score (nSPS) is 12.0. The van der Waals surface area contributed by atoms with E-state index in [9.17, 15) is 13.6 Å². The maximum absolute atomic E-state index is 14.0. The molecule has 1 amide bonds. The van der Waals surface area contributed by atoms with E-state index in [2.05, 4.69) is 13.8 Å². The van der Waals surface area contributed by atoms with Gasteiger partial charge in [-0.1, -0.05) is 45.6 Å². The Morgan fingerprint density at radius 1 is 1.22 bits per heavy atom. The standard InChI is InChI=1S/C21H27F2NO2S/c1-3-5-6-8-16(4-2)15-26-21(25)24(20-9-7-12-27-20)14-17-10-11-18(22)13-19(17)23/h7,9-13,16H,3-6,8,14-15H2,1-2H3. The minimum Gasteiger partial charge on any atom is -0.449 e. The third-order valence-electron chi connectivity index (χ3n) is 4.57. The fourth-order valence-corrected chi connectivity index (χ4v) is 3.55. The molecule has 0 N–H and O–H groups in total. The lowest BCUT2D eigenvalue weighted by Gasteiger charge is -2.23. The average molecular weight is 396 g/mol. The van der Waals surface area contributed by atoms with Gasteiger partial charge in [0.15, 0.2) is 0 Å². The maximum atomic E-state index is 14.0. The summed E-state index contributed by atoms with van der Waals surface area (Å²) in [6.07, 6.45) is 4.93. The highest BCUT2D eigenvalue weighted by Crippen LogP contribution is 2.26. The molecule has 27 heavy (non-hydrogen) atoms. The SMILES string of the molecule is CCCCCC(CC)COC(=O)N(Cc1ccc(F)cc1F)c1cccs1. The van der Waals surface area contributed by atoms with E-state index in [0.29, 0.717) is 17.5 Å². The third-order valence-corrected chi connectivity index (χ3v) is 5.46. The van der Waals surface area contributed by atoms with Crippen LogP contribution in [-0.4, -0.2) is 12.7 Å². The second-order valence-corrected chi connectivity index (χ2v) is 7.55. The van der Waals surface area contributed by atoms with Crippen LogP contribution in [0.5, 0.6) is 0 Å². The summed E-state index contributed by atoms with van der Waals surface area (Å²) < 4.78 is 32.7. The molecule has 0 aliphatic carbocycles. The topological polar surface area (TPSA) is 29.5 Å². The van der Waals surface area contributed by atoms with E-state index in [4.69, 9.17) is 4.74 Å². The second kappa shape index (κ2) is 11.0. The molecule has 0 saturated carbocycles. The van der Waals surface area contributed by atoms with Crippen LogP contribution >= 0.6 is 11.3 Å². The van der Waals surface area contributed by atoms with Gasteiger partial charge in [0.1, 0.15) is 16.6 Å². The molecule has 0 radical (unpaired) electrons. The number of halogens is 2. The fourth-order valence-electron chi connectivity index (χ4n) is 2.83. The van der Waals surface area contributed by atoms with E-state index in [-0.39, 0.29) is 12.1 Å². The van der Waals surface area contributed by atoms with Gasteiger partial charge in [-0.25, -0.2) is 13.6 Å². The Labute approximate surface area is 164 Å². The van der Waals surface area contributed by atoms with Gasteiger partial charge in [0.2, 0.25) is 0 Å². The van der Waals surface area contributed by atoms with Crippen molar-refractivity contribution in [3.05, 3.63) is 52.9 Å². The Balaban J connectivity index is 2.04. The van der Waals surface area contributed by atoms with E-state index in [1.54, 1.807) is 6.07 Å². The molecule has 3 nitrogen and oxygen atoms in total. The zero-order valence-electron chi connectivity index (χ0n) is 15.9. The quantitative estimate of drug-likeness (QED) is 0.415. The van der Waals surface area contributed by atoms with Gasteiger partial charge in [-0.2, -0.15) is 0 Å². The summed E-state index contributed by atoms with van der Waals surface area (Å²) in [6.45, 7) is 4.61. The molecule has 1 atom stereocenters. The van der Waals surface area contributed by atoms with Gasteiger partial charge in [0, 0.05) is 11.6 Å². The highest BCUT2D eigenvalue weighted by atomic mass is 32.1. The highest BCUT2D eigenvalue weighted by Gasteiger charge is 2.21. The van der Waals surface area contributed by atoms with Crippen molar-refractivity contribution in [3.8, 4) is 0 Å². The molecule has 2 aromatic rings. The van der Waals surface area contributed by atoms with Crippen molar-refractivity contribution in [2.75, 3.05) is 11.5 Å². The van der Waals surface area contributed by atoms with E-state index in [1.807, 2.05) is 11.4 Å². The van der Waals surface area contributed by atoms with Gasteiger partial charge in [0.25, 0.3) is 0 Å². The Morgan fingerprint density at radius 2 is 2.04 bits per heavy atom. The van der Waals surface area contributed by atoms with E-state index < -0.39 is 17.7 Å². The van der Waals surface area contributed by atoms with Crippen LogP contribution in [0.3, 0.4) is 0 Å². The molecule has 0 spiro atoms. The van der Waals surface area contributed by atoms with Gasteiger partial charge in [-0.3, -0.25) is 4.90 Å². The molecule has 0 aliphatic rings. The van der Waals surface area contributed by atoms with Gasteiger partial charge in [-0.15, -0.1) is 11.3 Å². The number of thiophene rings is 1. The number of hydrogen-bond acceptors (Lipinski definition) is 3. The number of rotatable bonds is 10. The minimum absolute atomic E-state index is 0.00190. The van der Waals surface area contributed by atoms with E-state index in [0.717, 1.165) is 31.7 Å². The van der Waals surface area contributed by atoms with Crippen molar-refractivity contribution in [3.63, 3.8) is 0 Å². The zero-order chi connectivity index (χ0) is 19.6. The molecule has 0 aliphatic heterocycles. The minimum atomic E-state index is -0.671. The van der Waals surface area contributed by atoms with Gasteiger partial charge in [0.05, 0.1) is 13.2 Å². The number of nitrogens with zero attached hydrogens (tertiary/aromatic N) is 1. The zero-order valence-corrected chi connectivity index (χ0v) is 16.7. The van der Waals surface area contributed by atoms with Crippen molar-refractivity contribution in [2.24, 2.45) is 5.92 Å². The summed E-state index contributed by atoms with van der Waals surface area (Å²) in [5, 5.41) is 2.51. The van der Waals surface area contributed by atoms with Crippen LogP contribution in [0.1, 0.15) is 51.5 Å². The van der Waals surface area contributed by atoms with Gasteiger partial charge in [-0.05, 0) is 35.9 Å². The molecule has 0 saturated heterocycles. The van der Waals surface area contributed by atoms with Crippen LogP contribution in [-0.2, 0) is 11.3 Å². The van der Waals surface area contributed by atoms with Crippen molar-refractivity contribution in [2.45, 2.75) is 52.5 Å². The lowest BCUT2D eigenvalue weighted by atomic mass is 10.00. The molecule has 1 unspecified atom stereocenters.